The highest BCUT2D eigenvalue weighted by molar-refractivity contribution is 5.99. The molecular weight excluding hydrogens is 448 g/mol. The summed E-state index contributed by atoms with van der Waals surface area (Å²) >= 11 is 0. The summed E-state index contributed by atoms with van der Waals surface area (Å²) in [4.78, 5) is 25.1. The highest BCUT2D eigenvalue weighted by Gasteiger charge is 2.24. The zero-order valence-electron chi connectivity index (χ0n) is 21.3. The number of rotatable bonds is 7. The van der Waals surface area contributed by atoms with E-state index in [1.807, 2.05) is 43.3 Å². The second-order valence-corrected chi connectivity index (χ2v) is 9.86. The van der Waals surface area contributed by atoms with E-state index in [9.17, 15) is 9.59 Å². The van der Waals surface area contributed by atoms with Gasteiger partial charge in [0.2, 0.25) is 0 Å². The standard InChI is InChI=1S/C31H32N2O3/c1-19-21(3)33(18-22-7-5-10-27(15-22)31(35)36-4)29-14-13-26(17-28(19)29)30(34)32-20(2)24-8-6-9-25(16-24)23-11-12-23/h5-10,13-17,20,23H,11-12,18H2,1-4H3,(H,32,34). The van der Waals surface area contributed by atoms with Gasteiger partial charge in [0, 0.05) is 28.7 Å². The van der Waals surface area contributed by atoms with Gasteiger partial charge in [-0.25, -0.2) is 4.79 Å². The highest BCUT2D eigenvalue weighted by atomic mass is 16.5. The summed E-state index contributed by atoms with van der Waals surface area (Å²) in [7, 11) is 1.39. The lowest BCUT2D eigenvalue weighted by Gasteiger charge is -2.16. The van der Waals surface area contributed by atoms with Crippen LogP contribution < -0.4 is 5.32 Å². The van der Waals surface area contributed by atoms with Crippen LogP contribution in [-0.4, -0.2) is 23.6 Å². The molecule has 1 aliphatic carbocycles. The Balaban J connectivity index is 1.38. The molecule has 0 spiro atoms. The Morgan fingerprint density at radius 3 is 2.53 bits per heavy atom. The summed E-state index contributed by atoms with van der Waals surface area (Å²) in [5.41, 5.74) is 8.07. The minimum atomic E-state index is -0.341. The zero-order chi connectivity index (χ0) is 25.4. The number of hydrogen-bond donors (Lipinski definition) is 1. The molecule has 3 aromatic carbocycles. The van der Waals surface area contributed by atoms with Crippen LogP contribution in [0.25, 0.3) is 10.9 Å². The molecule has 5 nitrogen and oxygen atoms in total. The molecule has 36 heavy (non-hydrogen) atoms. The van der Waals surface area contributed by atoms with Crippen molar-refractivity contribution >= 4 is 22.8 Å². The van der Waals surface area contributed by atoms with E-state index >= 15 is 0 Å². The molecule has 0 aliphatic heterocycles. The third kappa shape index (κ3) is 4.66. The maximum Gasteiger partial charge on any atom is 0.337 e. The minimum absolute atomic E-state index is 0.0681. The topological polar surface area (TPSA) is 60.3 Å². The Kier molecular flexibility index (Phi) is 6.40. The van der Waals surface area contributed by atoms with Gasteiger partial charge < -0.3 is 14.6 Å². The van der Waals surface area contributed by atoms with Gasteiger partial charge in [-0.15, -0.1) is 0 Å². The highest BCUT2D eigenvalue weighted by Crippen LogP contribution is 2.40. The van der Waals surface area contributed by atoms with Crippen molar-refractivity contribution in [2.75, 3.05) is 7.11 Å². The molecule has 1 amide bonds. The number of aromatic nitrogens is 1. The Labute approximate surface area is 212 Å². The molecule has 1 N–H and O–H groups in total. The Hall–Kier alpha value is -3.86. The van der Waals surface area contributed by atoms with Gasteiger partial charge in [-0.3, -0.25) is 4.79 Å². The Morgan fingerprint density at radius 1 is 1.00 bits per heavy atom. The quantitative estimate of drug-likeness (QED) is 0.309. The number of nitrogens with one attached hydrogen (secondary N) is 1. The van der Waals surface area contributed by atoms with E-state index in [4.69, 9.17) is 4.74 Å². The molecule has 5 rings (SSSR count). The molecule has 1 atom stereocenters. The van der Waals surface area contributed by atoms with Crippen molar-refractivity contribution in [2.45, 2.75) is 52.1 Å². The van der Waals surface area contributed by atoms with Crippen LogP contribution in [0, 0.1) is 13.8 Å². The van der Waals surface area contributed by atoms with Crippen molar-refractivity contribution in [3.05, 3.63) is 106 Å². The molecular formula is C31H32N2O3. The van der Waals surface area contributed by atoms with E-state index in [1.54, 1.807) is 6.07 Å². The Bertz CT molecular complexity index is 1460. The average molecular weight is 481 g/mol. The average Bonchev–Trinajstić information content (AvgIpc) is 3.73. The molecule has 0 saturated heterocycles. The van der Waals surface area contributed by atoms with E-state index in [1.165, 1.54) is 25.5 Å². The molecule has 1 heterocycles. The third-order valence-electron chi connectivity index (χ3n) is 7.40. The van der Waals surface area contributed by atoms with Crippen LogP contribution >= 0.6 is 0 Å². The molecule has 1 saturated carbocycles. The fourth-order valence-electron chi connectivity index (χ4n) is 4.95. The van der Waals surface area contributed by atoms with Gasteiger partial charge in [0.25, 0.3) is 5.91 Å². The number of aryl methyl sites for hydroxylation is 1. The van der Waals surface area contributed by atoms with Crippen molar-refractivity contribution in [3.63, 3.8) is 0 Å². The number of hydrogen-bond acceptors (Lipinski definition) is 3. The molecule has 0 bridgehead atoms. The largest absolute Gasteiger partial charge is 0.465 e. The van der Waals surface area contributed by atoms with Crippen LogP contribution in [0.3, 0.4) is 0 Å². The maximum atomic E-state index is 13.2. The normalized spacial score (nSPS) is 14.0. The van der Waals surface area contributed by atoms with Gasteiger partial charge in [0.15, 0.2) is 0 Å². The molecule has 0 radical (unpaired) electrons. The molecule has 1 aliphatic rings. The van der Waals surface area contributed by atoms with Crippen molar-refractivity contribution in [3.8, 4) is 0 Å². The van der Waals surface area contributed by atoms with Gasteiger partial charge in [0.05, 0.1) is 18.7 Å². The number of fused-ring (bicyclic) bond motifs is 1. The Morgan fingerprint density at radius 2 is 1.78 bits per heavy atom. The molecule has 1 aromatic heterocycles. The van der Waals surface area contributed by atoms with E-state index in [0.29, 0.717) is 23.6 Å². The molecule has 1 unspecified atom stereocenters. The fourth-order valence-corrected chi connectivity index (χ4v) is 4.95. The second kappa shape index (κ2) is 9.65. The number of amides is 1. The van der Waals surface area contributed by atoms with Gasteiger partial charge in [-0.2, -0.15) is 0 Å². The first-order valence-corrected chi connectivity index (χ1v) is 12.5. The predicted molar refractivity (Wildman–Crippen MR) is 143 cm³/mol. The number of methoxy groups -OCH3 is 1. The van der Waals surface area contributed by atoms with Crippen LogP contribution in [0.5, 0.6) is 0 Å². The van der Waals surface area contributed by atoms with Crippen LogP contribution in [0.4, 0.5) is 0 Å². The third-order valence-corrected chi connectivity index (χ3v) is 7.40. The number of carbonyl (C=O) groups is 2. The lowest BCUT2D eigenvalue weighted by atomic mass is 10.0. The van der Waals surface area contributed by atoms with Gasteiger partial charge in [-0.05, 0) is 92.1 Å². The van der Waals surface area contributed by atoms with E-state index in [2.05, 4.69) is 48.0 Å². The number of ether oxygens (including phenoxy) is 1. The molecule has 4 aromatic rings. The van der Waals surface area contributed by atoms with Crippen molar-refractivity contribution in [1.29, 1.82) is 0 Å². The van der Waals surface area contributed by atoms with Crippen LogP contribution in [0.2, 0.25) is 0 Å². The van der Waals surface area contributed by atoms with Crippen LogP contribution in [-0.2, 0) is 11.3 Å². The number of nitrogens with zero attached hydrogens (tertiary/aromatic N) is 1. The van der Waals surface area contributed by atoms with Gasteiger partial charge in [0.1, 0.15) is 0 Å². The predicted octanol–water partition coefficient (Wildman–Crippen LogP) is 6.46. The summed E-state index contributed by atoms with van der Waals surface area (Å²) in [6, 6.07) is 21.9. The van der Waals surface area contributed by atoms with Crippen molar-refractivity contribution in [1.82, 2.24) is 9.88 Å². The second-order valence-electron chi connectivity index (χ2n) is 9.86. The van der Waals surface area contributed by atoms with Crippen molar-refractivity contribution in [2.24, 2.45) is 0 Å². The first-order valence-electron chi connectivity index (χ1n) is 12.5. The lowest BCUT2D eigenvalue weighted by molar-refractivity contribution is 0.0600. The summed E-state index contributed by atoms with van der Waals surface area (Å²) in [5, 5.41) is 4.24. The van der Waals surface area contributed by atoms with Crippen LogP contribution in [0.15, 0.2) is 66.7 Å². The number of benzene rings is 3. The molecule has 1 fully saturated rings. The van der Waals surface area contributed by atoms with Gasteiger partial charge >= 0.3 is 5.97 Å². The first kappa shape index (κ1) is 23.9. The lowest BCUT2D eigenvalue weighted by Crippen LogP contribution is -2.26. The monoisotopic (exact) mass is 480 g/mol. The summed E-state index contributed by atoms with van der Waals surface area (Å²) in [6.45, 7) is 6.85. The van der Waals surface area contributed by atoms with E-state index in [-0.39, 0.29) is 17.9 Å². The number of carbonyl (C=O) groups excluding carboxylic acids is 2. The number of esters is 1. The van der Waals surface area contributed by atoms with E-state index < -0.39 is 0 Å². The first-order chi connectivity index (χ1) is 17.4. The SMILES string of the molecule is COC(=O)c1cccc(Cn2c(C)c(C)c3cc(C(=O)NC(C)c4cccc(C5CC5)c4)ccc32)c1. The van der Waals surface area contributed by atoms with Crippen LogP contribution in [0.1, 0.15) is 80.4 Å². The fraction of sp³-hybridized carbons (Fsp3) is 0.290. The van der Waals surface area contributed by atoms with E-state index in [0.717, 1.165) is 33.3 Å². The minimum Gasteiger partial charge on any atom is -0.465 e. The van der Waals surface area contributed by atoms with Gasteiger partial charge in [-0.1, -0.05) is 36.4 Å². The molecule has 184 valence electrons. The smallest absolute Gasteiger partial charge is 0.337 e. The molecule has 5 heteroatoms. The summed E-state index contributed by atoms with van der Waals surface area (Å²) < 4.78 is 7.10. The summed E-state index contributed by atoms with van der Waals surface area (Å²) in [5.74, 6) is 0.275. The maximum absolute atomic E-state index is 13.2. The van der Waals surface area contributed by atoms with Crippen molar-refractivity contribution < 1.29 is 14.3 Å². The summed E-state index contributed by atoms with van der Waals surface area (Å²) in [6.07, 6.45) is 2.53. The zero-order valence-corrected chi connectivity index (χ0v) is 21.3.